The van der Waals surface area contributed by atoms with Crippen LogP contribution < -0.4 is 5.32 Å². The Kier molecular flexibility index (Phi) is 5.15. The fraction of sp³-hybridized carbons (Fsp3) is 0.846. The first-order chi connectivity index (χ1) is 9.15. The number of aliphatic carboxylic acids is 1. The molecule has 6 heteroatoms. The minimum absolute atomic E-state index is 0.00463. The van der Waals surface area contributed by atoms with Crippen molar-refractivity contribution in [2.24, 2.45) is 5.92 Å². The van der Waals surface area contributed by atoms with E-state index < -0.39 is 5.97 Å². The average molecular weight is 270 g/mol. The number of carboxylic acid groups (broad SMARTS) is 1. The fourth-order valence-electron chi connectivity index (χ4n) is 2.27. The van der Waals surface area contributed by atoms with Crippen molar-refractivity contribution in [3.05, 3.63) is 0 Å². The second kappa shape index (κ2) is 6.86. The van der Waals surface area contributed by atoms with Crippen LogP contribution in [0.2, 0.25) is 0 Å². The summed E-state index contributed by atoms with van der Waals surface area (Å²) in [7, 11) is 0. The molecule has 1 aliphatic carbocycles. The molecule has 1 saturated carbocycles. The summed E-state index contributed by atoms with van der Waals surface area (Å²) in [5, 5.41) is 12.1. The van der Waals surface area contributed by atoms with Gasteiger partial charge in [-0.2, -0.15) is 0 Å². The van der Waals surface area contributed by atoms with Crippen LogP contribution in [0.5, 0.6) is 0 Å². The van der Waals surface area contributed by atoms with Crippen LogP contribution in [0.1, 0.15) is 25.7 Å². The van der Waals surface area contributed by atoms with Crippen LogP contribution in [0.4, 0.5) is 0 Å². The van der Waals surface area contributed by atoms with E-state index in [0.717, 1.165) is 38.8 Å². The van der Waals surface area contributed by atoms with Crippen LogP contribution >= 0.6 is 0 Å². The molecule has 0 radical (unpaired) electrons. The van der Waals surface area contributed by atoms with Gasteiger partial charge in [-0.3, -0.25) is 9.59 Å². The van der Waals surface area contributed by atoms with Crippen LogP contribution in [0.3, 0.4) is 0 Å². The molecular formula is C13H22N2O4. The lowest BCUT2D eigenvalue weighted by Gasteiger charge is -2.25. The number of carbonyl (C=O) groups excluding carboxylic acids is 1. The number of nitrogens with one attached hydrogen (secondary N) is 1. The summed E-state index contributed by atoms with van der Waals surface area (Å²) in [5.74, 6) is -0.675. The maximum atomic E-state index is 12.0. The summed E-state index contributed by atoms with van der Waals surface area (Å²) >= 11 is 0. The summed E-state index contributed by atoms with van der Waals surface area (Å²) < 4.78 is 5.59. The third-order valence-corrected chi connectivity index (χ3v) is 3.58. The predicted molar refractivity (Wildman–Crippen MR) is 68.8 cm³/mol. The molecule has 0 aromatic heterocycles. The van der Waals surface area contributed by atoms with E-state index >= 15 is 0 Å². The highest BCUT2D eigenvalue weighted by Gasteiger charge is 2.28. The Morgan fingerprint density at radius 2 is 1.89 bits per heavy atom. The van der Waals surface area contributed by atoms with Crippen LogP contribution in [0, 0.1) is 5.92 Å². The average Bonchev–Trinajstić information content (AvgIpc) is 3.20. The zero-order valence-electron chi connectivity index (χ0n) is 11.1. The van der Waals surface area contributed by atoms with E-state index in [2.05, 4.69) is 5.32 Å². The Bertz CT molecular complexity index is 325. The van der Waals surface area contributed by atoms with Gasteiger partial charge in [-0.15, -0.1) is 0 Å². The van der Waals surface area contributed by atoms with Crippen molar-refractivity contribution in [1.82, 2.24) is 10.2 Å². The maximum Gasteiger partial charge on any atom is 0.323 e. The monoisotopic (exact) mass is 270 g/mol. The summed E-state index contributed by atoms with van der Waals surface area (Å²) in [4.78, 5) is 24.2. The fourth-order valence-corrected chi connectivity index (χ4v) is 2.27. The molecule has 2 aliphatic rings. The molecule has 0 unspecified atom stereocenters. The van der Waals surface area contributed by atoms with Crippen LogP contribution in [-0.2, 0) is 14.3 Å². The van der Waals surface area contributed by atoms with Gasteiger partial charge in [-0.25, -0.2) is 0 Å². The molecule has 2 fully saturated rings. The molecule has 0 spiro atoms. The Morgan fingerprint density at radius 1 is 1.21 bits per heavy atom. The van der Waals surface area contributed by atoms with Gasteiger partial charge in [0.15, 0.2) is 0 Å². The van der Waals surface area contributed by atoms with Gasteiger partial charge in [0, 0.05) is 6.54 Å². The van der Waals surface area contributed by atoms with Crippen molar-refractivity contribution in [2.75, 3.05) is 32.8 Å². The Morgan fingerprint density at radius 3 is 2.47 bits per heavy atom. The first-order valence-electron chi connectivity index (χ1n) is 6.97. The van der Waals surface area contributed by atoms with Gasteiger partial charge in [-0.05, 0) is 44.7 Å². The second-order valence-electron chi connectivity index (χ2n) is 5.37. The lowest BCUT2D eigenvalue weighted by Crippen LogP contribution is -2.41. The number of carboxylic acids is 1. The number of carbonyl (C=O) groups is 2. The molecule has 1 amide bonds. The van der Waals surface area contributed by atoms with Crippen LogP contribution in [-0.4, -0.2) is 60.8 Å². The van der Waals surface area contributed by atoms with Gasteiger partial charge in [0.25, 0.3) is 0 Å². The Labute approximate surface area is 113 Å². The third-order valence-electron chi connectivity index (χ3n) is 3.58. The summed E-state index contributed by atoms with van der Waals surface area (Å²) in [6, 6.07) is 0. The van der Waals surface area contributed by atoms with Gasteiger partial charge in [0.1, 0.15) is 13.2 Å². The Hall–Kier alpha value is -1.14. The molecule has 0 aromatic rings. The van der Waals surface area contributed by atoms with Crippen molar-refractivity contribution < 1.29 is 19.4 Å². The van der Waals surface area contributed by atoms with E-state index in [4.69, 9.17) is 9.84 Å². The minimum atomic E-state index is -0.962. The Balaban J connectivity index is 1.74. The summed E-state index contributed by atoms with van der Waals surface area (Å²) in [5.41, 5.74) is 0. The van der Waals surface area contributed by atoms with Crippen molar-refractivity contribution >= 4 is 11.9 Å². The first kappa shape index (κ1) is 14.3. The van der Waals surface area contributed by atoms with Crippen molar-refractivity contribution in [3.8, 4) is 0 Å². The van der Waals surface area contributed by atoms with Gasteiger partial charge < -0.3 is 20.1 Å². The molecule has 0 aromatic carbocycles. The standard InChI is InChI=1S/C13H22N2O4/c16-12(9-19-11-3-5-14-6-4-11)15(8-13(17)18)7-10-1-2-10/h10-11,14H,1-9H2,(H,17,18). The molecule has 1 saturated heterocycles. The van der Waals surface area contributed by atoms with Crippen molar-refractivity contribution in [1.29, 1.82) is 0 Å². The topological polar surface area (TPSA) is 78.9 Å². The van der Waals surface area contributed by atoms with Crippen LogP contribution in [0.25, 0.3) is 0 Å². The van der Waals surface area contributed by atoms with Gasteiger partial charge in [-0.1, -0.05) is 0 Å². The number of amides is 1. The largest absolute Gasteiger partial charge is 0.480 e. The lowest BCUT2D eigenvalue weighted by atomic mass is 10.1. The van der Waals surface area contributed by atoms with Crippen molar-refractivity contribution in [2.45, 2.75) is 31.8 Å². The number of hydrogen-bond donors (Lipinski definition) is 2. The van der Waals surface area contributed by atoms with Crippen LogP contribution in [0.15, 0.2) is 0 Å². The van der Waals surface area contributed by atoms with E-state index in [9.17, 15) is 9.59 Å². The predicted octanol–water partition coefficient (Wildman–Crippen LogP) is 0.0782. The lowest BCUT2D eigenvalue weighted by molar-refractivity contribution is -0.148. The highest BCUT2D eigenvalue weighted by atomic mass is 16.5. The van der Waals surface area contributed by atoms with E-state index in [1.807, 2.05) is 0 Å². The molecule has 0 atom stereocenters. The van der Waals surface area contributed by atoms with Gasteiger partial charge >= 0.3 is 5.97 Å². The smallest absolute Gasteiger partial charge is 0.323 e. The second-order valence-corrected chi connectivity index (χ2v) is 5.37. The highest BCUT2D eigenvalue weighted by molar-refractivity contribution is 5.82. The zero-order chi connectivity index (χ0) is 13.7. The molecule has 2 N–H and O–H groups in total. The van der Waals surface area contributed by atoms with Crippen molar-refractivity contribution in [3.63, 3.8) is 0 Å². The first-order valence-corrected chi connectivity index (χ1v) is 6.97. The number of rotatable bonds is 7. The van der Waals surface area contributed by atoms with Gasteiger partial charge in [0.2, 0.25) is 5.91 Å². The molecule has 19 heavy (non-hydrogen) atoms. The molecular weight excluding hydrogens is 248 g/mol. The number of ether oxygens (including phenoxy) is 1. The SMILES string of the molecule is O=C(O)CN(CC1CC1)C(=O)COC1CCNCC1. The van der Waals surface area contributed by atoms with Gasteiger partial charge in [0.05, 0.1) is 6.10 Å². The van der Waals surface area contributed by atoms with E-state index in [1.54, 1.807) is 0 Å². The number of nitrogens with zero attached hydrogens (tertiary/aromatic N) is 1. The summed E-state index contributed by atoms with van der Waals surface area (Å²) in [6.07, 6.45) is 4.14. The zero-order valence-corrected chi connectivity index (χ0v) is 11.1. The molecule has 0 bridgehead atoms. The summed E-state index contributed by atoms with van der Waals surface area (Å²) in [6.45, 7) is 2.18. The number of piperidine rings is 1. The van der Waals surface area contributed by atoms with E-state index in [-0.39, 0.29) is 25.2 Å². The molecule has 108 valence electrons. The molecule has 1 aliphatic heterocycles. The molecule has 2 rings (SSSR count). The maximum absolute atomic E-state index is 12.0. The highest BCUT2D eigenvalue weighted by Crippen LogP contribution is 2.29. The van der Waals surface area contributed by atoms with E-state index in [1.165, 1.54) is 4.90 Å². The molecule has 1 heterocycles. The number of hydrogen-bond acceptors (Lipinski definition) is 4. The minimum Gasteiger partial charge on any atom is -0.480 e. The molecule has 6 nitrogen and oxygen atoms in total. The quantitative estimate of drug-likeness (QED) is 0.685. The van der Waals surface area contributed by atoms with E-state index in [0.29, 0.717) is 12.5 Å². The normalized spacial score (nSPS) is 20.2. The third kappa shape index (κ3) is 5.16.